The van der Waals surface area contributed by atoms with Crippen LogP contribution in [0, 0.1) is 12.3 Å². The van der Waals surface area contributed by atoms with Crippen LogP contribution in [0.25, 0.3) is 0 Å². The van der Waals surface area contributed by atoms with Crippen LogP contribution in [0.5, 0.6) is 5.75 Å². The molecule has 0 aromatic heterocycles. The fraction of sp³-hybridized carbons (Fsp3) is 0.571. The highest BCUT2D eigenvalue weighted by Crippen LogP contribution is 2.45. The van der Waals surface area contributed by atoms with Gasteiger partial charge in [0.2, 0.25) is 0 Å². The number of hydrogen-bond donors (Lipinski definition) is 1. The molecule has 1 aliphatic rings. The minimum Gasteiger partial charge on any atom is -0.489 e. The van der Waals surface area contributed by atoms with Crippen LogP contribution >= 0.6 is 0 Å². The number of benzene rings is 1. The molecule has 3 atom stereocenters. The predicted molar refractivity (Wildman–Crippen MR) is 66.6 cm³/mol. The molecule has 1 aliphatic carbocycles. The van der Waals surface area contributed by atoms with Gasteiger partial charge in [0.1, 0.15) is 11.9 Å². The second kappa shape index (κ2) is 4.10. The molecule has 0 aliphatic heterocycles. The number of aryl methyl sites for hydroxylation is 1. The van der Waals surface area contributed by atoms with Gasteiger partial charge in [-0.15, -0.1) is 0 Å². The molecule has 16 heavy (non-hydrogen) atoms. The van der Waals surface area contributed by atoms with Crippen molar-refractivity contribution in [2.75, 3.05) is 0 Å². The normalized spacial score (nSPS) is 33.2. The molecule has 0 bridgehead atoms. The highest BCUT2D eigenvalue weighted by atomic mass is 16.5. The average molecular weight is 219 g/mol. The van der Waals surface area contributed by atoms with Gasteiger partial charge in [0.15, 0.2) is 0 Å². The van der Waals surface area contributed by atoms with Crippen LogP contribution in [0.1, 0.15) is 32.3 Å². The van der Waals surface area contributed by atoms with E-state index in [9.17, 15) is 0 Å². The summed E-state index contributed by atoms with van der Waals surface area (Å²) in [6.45, 7) is 6.49. The van der Waals surface area contributed by atoms with Gasteiger partial charge in [0.25, 0.3) is 0 Å². The largest absolute Gasteiger partial charge is 0.489 e. The van der Waals surface area contributed by atoms with Crippen molar-refractivity contribution in [3.8, 4) is 5.75 Å². The van der Waals surface area contributed by atoms with Crippen LogP contribution in [0.15, 0.2) is 24.3 Å². The first kappa shape index (κ1) is 11.5. The van der Waals surface area contributed by atoms with Gasteiger partial charge in [-0.3, -0.25) is 0 Å². The summed E-state index contributed by atoms with van der Waals surface area (Å²) in [6, 6.07) is 8.45. The number of rotatable bonds is 3. The molecule has 2 rings (SSSR count). The zero-order valence-electron chi connectivity index (χ0n) is 10.4. The molecule has 1 saturated carbocycles. The molecule has 0 amide bonds. The fourth-order valence-electron chi connectivity index (χ4n) is 2.36. The lowest BCUT2D eigenvalue weighted by molar-refractivity contribution is -0.0563. The van der Waals surface area contributed by atoms with E-state index in [1.54, 1.807) is 0 Å². The molecular weight excluding hydrogens is 198 g/mol. The van der Waals surface area contributed by atoms with E-state index in [0.29, 0.717) is 0 Å². The molecule has 0 saturated heterocycles. The van der Waals surface area contributed by atoms with E-state index in [1.165, 1.54) is 5.56 Å². The smallest absolute Gasteiger partial charge is 0.122 e. The Hall–Kier alpha value is -1.02. The van der Waals surface area contributed by atoms with Gasteiger partial charge in [-0.1, -0.05) is 32.0 Å². The third kappa shape index (κ3) is 1.71. The first-order valence-corrected chi connectivity index (χ1v) is 6.06. The monoisotopic (exact) mass is 219 g/mol. The van der Waals surface area contributed by atoms with Gasteiger partial charge in [0, 0.05) is 17.9 Å². The third-order valence-electron chi connectivity index (χ3n) is 4.18. The van der Waals surface area contributed by atoms with Crippen LogP contribution in [0.2, 0.25) is 0 Å². The molecule has 0 heterocycles. The van der Waals surface area contributed by atoms with Crippen LogP contribution in [-0.2, 0) is 0 Å². The van der Waals surface area contributed by atoms with Crippen molar-refractivity contribution in [3.05, 3.63) is 29.8 Å². The van der Waals surface area contributed by atoms with Crippen molar-refractivity contribution in [2.24, 2.45) is 11.1 Å². The first-order chi connectivity index (χ1) is 7.58. The second-order valence-electron chi connectivity index (χ2n) is 5.07. The van der Waals surface area contributed by atoms with Crippen LogP contribution in [0.4, 0.5) is 0 Å². The van der Waals surface area contributed by atoms with Crippen molar-refractivity contribution in [3.63, 3.8) is 0 Å². The van der Waals surface area contributed by atoms with Gasteiger partial charge >= 0.3 is 0 Å². The Morgan fingerprint density at radius 2 is 2.12 bits per heavy atom. The number of nitrogens with two attached hydrogens (primary N) is 1. The highest BCUT2D eigenvalue weighted by molar-refractivity contribution is 5.32. The van der Waals surface area contributed by atoms with Crippen molar-refractivity contribution < 1.29 is 4.74 Å². The van der Waals surface area contributed by atoms with Crippen LogP contribution < -0.4 is 10.5 Å². The Balaban J connectivity index is 2.10. The van der Waals surface area contributed by atoms with Gasteiger partial charge in [0.05, 0.1) is 0 Å². The van der Waals surface area contributed by atoms with Gasteiger partial charge in [-0.25, -0.2) is 0 Å². The van der Waals surface area contributed by atoms with E-state index >= 15 is 0 Å². The minimum absolute atomic E-state index is 0.141. The summed E-state index contributed by atoms with van der Waals surface area (Å²) in [6.07, 6.45) is 2.32. The lowest BCUT2D eigenvalue weighted by Crippen LogP contribution is -2.61. The predicted octanol–water partition coefficient (Wildman–Crippen LogP) is 2.89. The molecule has 88 valence electrons. The third-order valence-corrected chi connectivity index (χ3v) is 4.18. The SMILES string of the molecule is CCC1(C)C(N)CC1Oc1ccccc1C. The number of hydrogen-bond acceptors (Lipinski definition) is 2. The van der Waals surface area contributed by atoms with Crippen molar-refractivity contribution in [1.82, 2.24) is 0 Å². The molecule has 0 spiro atoms. The van der Waals surface area contributed by atoms with Crippen molar-refractivity contribution in [1.29, 1.82) is 0 Å². The maximum Gasteiger partial charge on any atom is 0.122 e. The number of ether oxygens (including phenoxy) is 1. The Morgan fingerprint density at radius 3 is 2.69 bits per heavy atom. The van der Waals surface area contributed by atoms with E-state index in [1.807, 2.05) is 18.2 Å². The fourth-order valence-corrected chi connectivity index (χ4v) is 2.36. The van der Waals surface area contributed by atoms with Crippen LogP contribution in [0.3, 0.4) is 0 Å². The molecular formula is C14H21NO. The van der Waals surface area contributed by atoms with E-state index < -0.39 is 0 Å². The second-order valence-corrected chi connectivity index (χ2v) is 5.07. The molecule has 1 aromatic carbocycles. The van der Waals surface area contributed by atoms with E-state index in [0.717, 1.165) is 18.6 Å². The maximum atomic E-state index is 6.08. The quantitative estimate of drug-likeness (QED) is 0.848. The van der Waals surface area contributed by atoms with Gasteiger partial charge in [-0.2, -0.15) is 0 Å². The summed E-state index contributed by atoms with van der Waals surface area (Å²) < 4.78 is 6.08. The molecule has 0 radical (unpaired) electrons. The Labute approximate surface area is 97.8 Å². The molecule has 2 heteroatoms. The standard InChI is InChI=1S/C14H21NO/c1-4-14(3)12(15)9-13(14)16-11-8-6-5-7-10(11)2/h5-8,12-13H,4,9,15H2,1-3H3. The maximum absolute atomic E-state index is 6.08. The molecule has 1 aromatic rings. The summed E-state index contributed by atoms with van der Waals surface area (Å²) in [5.74, 6) is 0.999. The summed E-state index contributed by atoms with van der Waals surface area (Å²) in [5, 5.41) is 0. The van der Waals surface area contributed by atoms with Crippen LogP contribution in [-0.4, -0.2) is 12.1 Å². The zero-order valence-corrected chi connectivity index (χ0v) is 10.4. The van der Waals surface area contributed by atoms with E-state index in [-0.39, 0.29) is 17.6 Å². The molecule has 2 nitrogen and oxygen atoms in total. The first-order valence-electron chi connectivity index (χ1n) is 6.06. The zero-order chi connectivity index (χ0) is 11.8. The summed E-state index contributed by atoms with van der Waals surface area (Å²) >= 11 is 0. The Bertz CT molecular complexity index is 377. The molecule has 2 N–H and O–H groups in total. The van der Waals surface area contributed by atoms with Gasteiger partial charge < -0.3 is 10.5 Å². The van der Waals surface area contributed by atoms with Gasteiger partial charge in [-0.05, 0) is 25.0 Å². The number of para-hydroxylation sites is 1. The molecule has 3 unspecified atom stereocenters. The van der Waals surface area contributed by atoms with Crippen molar-refractivity contribution in [2.45, 2.75) is 45.8 Å². The lowest BCUT2D eigenvalue weighted by atomic mass is 9.62. The topological polar surface area (TPSA) is 35.2 Å². The average Bonchev–Trinajstić information content (AvgIpc) is 2.30. The molecule has 1 fully saturated rings. The Kier molecular flexibility index (Phi) is 2.94. The van der Waals surface area contributed by atoms with E-state index in [2.05, 4.69) is 26.8 Å². The lowest BCUT2D eigenvalue weighted by Gasteiger charge is -2.51. The summed E-state index contributed by atoms with van der Waals surface area (Å²) in [4.78, 5) is 0. The van der Waals surface area contributed by atoms with E-state index in [4.69, 9.17) is 10.5 Å². The minimum atomic E-state index is 0.141. The summed E-state index contributed by atoms with van der Waals surface area (Å²) in [5.41, 5.74) is 7.41. The summed E-state index contributed by atoms with van der Waals surface area (Å²) in [7, 11) is 0. The Morgan fingerprint density at radius 1 is 1.44 bits per heavy atom. The highest BCUT2D eigenvalue weighted by Gasteiger charge is 2.50. The van der Waals surface area contributed by atoms with Crippen molar-refractivity contribution >= 4 is 0 Å².